The summed E-state index contributed by atoms with van der Waals surface area (Å²) in [6.45, 7) is 0. The summed E-state index contributed by atoms with van der Waals surface area (Å²) < 4.78 is 40.2. The monoisotopic (exact) mass is 314 g/mol. The van der Waals surface area contributed by atoms with Gasteiger partial charge in [-0.15, -0.1) is 0 Å². The second-order valence-corrected chi connectivity index (χ2v) is 4.41. The molecule has 18 heavy (non-hydrogen) atoms. The molecule has 0 aliphatic heterocycles. The summed E-state index contributed by atoms with van der Waals surface area (Å²) in [7, 11) is 0. The number of benzene rings is 2. The van der Waals surface area contributed by atoms with Gasteiger partial charge in [0, 0.05) is 5.56 Å². The van der Waals surface area contributed by atoms with Crippen LogP contribution in [0.4, 0.5) is 13.2 Å². The van der Waals surface area contributed by atoms with Gasteiger partial charge in [-0.2, -0.15) is 0 Å². The zero-order valence-electron chi connectivity index (χ0n) is 8.88. The van der Waals surface area contributed by atoms with Crippen LogP contribution in [-0.2, 0) is 0 Å². The van der Waals surface area contributed by atoms with Gasteiger partial charge < -0.3 is 0 Å². The predicted octanol–water partition coefficient (Wildman–Crippen LogP) is 4.10. The fourth-order valence-electron chi connectivity index (χ4n) is 1.50. The van der Waals surface area contributed by atoms with Gasteiger partial charge in [-0.05, 0) is 46.3 Å². The van der Waals surface area contributed by atoms with Crippen LogP contribution < -0.4 is 0 Å². The average molecular weight is 315 g/mol. The zero-order valence-corrected chi connectivity index (χ0v) is 10.5. The van der Waals surface area contributed by atoms with Crippen LogP contribution >= 0.6 is 15.9 Å². The molecule has 2 aromatic rings. The molecule has 0 aliphatic rings. The molecule has 1 nitrogen and oxygen atoms in total. The number of ketones is 1. The Kier molecular flexibility index (Phi) is 3.52. The van der Waals surface area contributed by atoms with E-state index in [0.717, 1.165) is 24.3 Å². The van der Waals surface area contributed by atoms with Crippen LogP contribution in [0, 0.1) is 17.5 Å². The fraction of sp³-hybridized carbons (Fsp3) is 0. The predicted molar refractivity (Wildman–Crippen MR) is 63.9 cm³/mol. The second-order valence-electron chi connectivity index (χ2n) is 3.55. The van der Waals surface area contributed by atoms with Crippen molar-refractivity contribution in [2.24, 2.45) is 0 Å². The molecule has 2 aromatic carbocycles. The van der Waals surface area contributed by atoms with Crippen molar-refractivity contribution in [2.45, 2.75) is 0 Å². The lowest BCUT2D eigenvalue weighted by Gasteiger charge is -2.05. The lowest BCUT2D eigenvalue weighted by Crippen LogP contribution is -2.07. The minimum absolute atomic E-state index is 0.111. The third-order valence-corrected chi connectivity index (χ3v) is 3.01. The van der Waals surface area contributed by atoms with Crippen LogP contribution in [0.25, 0.3) is 0 Å². The summed E-state index contributed by atoms with van der Waals surface area (Å²) in [4.78, 5) is 11.9. The van der Waals surface area contributed by atoms with Crippen molar-refractivity contribution in [2.75, 3.05) is 0 Å². The lowest BCUT2D eigenvalue weighted by molar-refractivity contribution is 0.103. The van der Waals surface area contributed by atoms with Crippen molar-refractivity contribution in [1.82, 2.24) is 0 Å². The third kappa shape index (κ3) is 2.31. The molecule has 92 valence electrons. The summed E-state index contributed by atoms with van der Waals surface area (Å²) in [5, 5.41) is 0. The quantitative estimate of drug-likeness (QED) is 0.763. The van der Waals surface area contributed by atoms with Crippen LogP contribution in [0.2, 0.25) is 0 Å². The number of rotatable bonds is 2. The Hall–Kier alpha value is -1.62. The molecule has 0 N–H and O–H groups in total. The molecular weight excluding hydrogens is 309 g/mol. The molecular formula is C13H6BrF3O. The highest BCUT2D eigenvalue weighted by atomic mass is 79.9. The molecule has 0 saturated carbocycles. The Morgan fingerprint density at radius 2 is 1.56 bits per heavy atom. The van der Waals surface area contributed by atoms with Gasteiger partial charge in [0.05, 0.1) is 10.0 Å². The van der Waals surface area contributed by atoms with E-state index in [4.69, 9.17) is 0 Å². The zero-order chi connectivity index (χ0) is 13.3. The highest BCUT2D eigenvalue weighted by molar-refractivity contribution is 9.10. The highest BCUT2D eigenvalue weighted by Gasteiger charge is 2.19. The Morgan fingerprint density at radius 3 is 2.11 bits per heavy atom. The third-order valence-electron chi connectivity index (χ3n) is 2.37. The summed E-state index contributed by atoms with van der Waals surface area (Å²) >= 11 is 2.93. The number of carbonyl (C=O) groups excluding carboxylic acids is 1. The van der Waals surface area contributed by atoms with Crippen molar-refractivity contribution < 1.29 is 18.0 Å². The van der Waals surface area contributed by atoms with Gasteiger partial charge in [0.1, 0.15) is 17.5 Å². The summed E-state index contributed by atoms with van der Waals surface area (Å²) in [6, 6.07) is 6.64. The maximum Gasteiger partial charge on any atom is 0.199 e. The van der Waals surface area contributed by atoms with Crippen molar-refractivity contribution in [3.8, 4) is 0 Å². The van der Waals surface area contributed by atoms with Crippen LogP contribution in [0.15, 0.2) is 40.9 Å². The Morgan fingerprint density at radius 1 is 0.944 bits per heavy atom. The molecule has 0 saturated heterocycles. The van der Waals surface area contributed by atoms with Crippen LogP contribution in [0.1, 0.15) is 15.9 Å². The molecule has 5 heteroatoms. The SMILES string of the molecule is O=C(c1ccc(Br)c(F)c1)c1c(F)cccc1F. The maximum absolute atomic E-state index is 13.4. The van der Waals surface area contributed by atoms with Crippen molar-refractivity contribution in [3.05, 3.63) is 69.4 Å². The van der Waals surface area contributed by atoms with E-state index >= 15 is 0 Å². The van der Waals surface area contributed by atoms with Gasteiger partial charge in [0.2, 0.25) is 0 Å². The van der Waals surface area contributed by atoms with E-state index < -0.39 is 28.8 Å². The maximum atomic E-state index is 13.4. The van der Waals surface area contributed by atoms with E-state index in [2.05, 4.69) is 15.9 Å². The van der Waals surface area contributed by atoms with E-state index in [9.17, 15) is 18.0 Å². The van der Waals surface area contributed by atoms with Gasteiger partial charge in [-0.1, -0.05) is 6.07 Å². The van der Waals surface area contributed by atoms with Crippen LogP contribution in [0.3, 0.4) is 0 Å². The minimum atomic E-state index is -0.969. The molecule has 0 radical (unpaired) electrons. The largest absolute Gasteiger partial charge is 0.288 e. The Labute approximate surface area is 109 Å². The second kappa shape index (κ2) is 4.94. The molecule has 0 heterocycles. The summed E-state index contributed by atoms with van der Waals surface area (Å²) in [5.41, 5.74) is -0.793. The first kappa shape index (κ1) is 12.8. The van der Waals surface area contributed by atoms with Crippen LogP contribution in [0.5, 0.6) is 0 Å². The first-order valence-corrected chi connectivity index (χ1v) is 5.74. The standard InChI is InChI=1S/C13H6BrF3O/c14-8-5-4-7(6-11(8)17)13(18)12-9(15)2-1-3-10(12)16/h1-6H. The average Bonchev–Trinajstić information content (AvgIpc) is 2.32. The minimum Gasteiger partial charge on any atom is -0.288 e. The molecule has 0 fully saturated rings. The van der Waals surface area contributed by atoms with Crippen molar-refractivity contribution in [1.29, 1.82) is 0 Å². The number of halogens is 4. The normalized spacial score (nSPS) is 10.4. The van der Waals surface area contributed by atoms with Gasteiger partial charge >= 0.3 is 0 Å². The topological polar surface area (TPSA) is 17.1 Å². The molecule has 2 rings (SSSR count). The lowest BCUT2D eigenvalue weighted by atomic mass is 10.0. The summed E-state index contributed by atoms with van der Waals surface area (Å²) in [5.74, 6) is -3.50. The van der Waals surface area contributed by atoms with Gasteiger partial charge in [0.25, 0.3) is 0 Å². The number of carbonyl (C=O) groups is 1. The Balaban J connectivity index is 2.51. The van der Waals surface area contributed by atoms with Crippen molar-refractivity contribution >= 4 is 21.7 Å². The fourth-order valence-corrected chi connectivity index (χ4v) is 1.74. The molecule has 0 aliphatic carbocycles. The van der Waals surface area contributed by atoms with Gasteiger partial charge in [0.15, 0.2) is 5.78 Å². The van der Waals surface area contributed by atoms with Crippen LogP contribution in [-0.4, -0.2) is 5.78 Å². The first-order chi connectivity index (χ1) is 8.50. The number of hydrogen-bond donors (Lipinski definition) is 0. The Bertz CT molecular complexity index is 605. The smallest absolute Gasteiger partial charge is 0.199 e. The van der Waals surface area contributed by atoms with Crippen molar-refractivity contribution in [3.63, 3.8) is 0 Å². The molecule has 0 aromatic heterocycles. The first-order valence-electron chi connectivity index (χ1n) is 4.94. The molecule has 0 amide bonds. The van der Waals surface area contributed by atoms with Gasteiger partial charge in [-0.3, -0.25) is 4.79 Å². The number of hydrogen-bond acceptors (Lipinski definition) is 1. The summed E-state index contributed by atoms with van der Waals surface area (Å²) in [6.07, 6.45) is 0. The van der Waals surface area contributed by atoms with E-state index in [0.29, 0.717) is 0 Å². The molecule has 0 unspecified atom stereocenters. The van der Waals surface area contributed by atoms with Gasteiger partial charge in [-0.25, -0.2) is 13.2 Å². The molecule has 0 atom stereocenters. The molecule has 0 bridgehead atoms. The van der Waals surface area contributed by atoms with E-state index in [1.165, 1.54) is 12.1 Å². The van der Waals surface area contributed by atoms with E-state index in [1.807, 2.05) is 0 Å². The van der Waals surface area contributed by atoms with E-state index in [1.54, 1.807) is 0 Å². The molecule has 0 spiro atoms. The van der Waals surface area contributed by atoms with E-state index in [-0.39, 0.29) is 10.0 Å². The highest BCUT2D eigenvalue weighted by Crippen LogP contribution is 2.21.